The standard InChI is InChI=1S/C14H19NO3/c1-2-8-15(9-10-6-7-10)13(16)11-4-3-5-12(11)14(17)18/h1,10-12H,3-9H2,(H,17,18)/t11-,12+/m1/s1. The van der Waals surface area contributed by atoms with Crippen molar-refractivity contribution in [3.8, 4) is 12.3 Å². The number of aliphatic carboxylic acids is 1. The Bertz CT molecular complexity index is 381. The van der Waals surface area contributed by atoms with Gasteiger partial charge in [-0.3, -0.25) is 9.59 Å². The van der Waals surface area contributed by atoms with Crippen LogP contribution in [0.4, 0.5) is 0 Å². The highest BCUT2D eigenvalue weighted by Gasteiger charge is 2.40. The summed E-state index contributed by atoms with van der Waals surface area (Å²) in [6.45, 7) is 1.00. The molecule has 0 bridgehead atoms. The molecule has 0 aromatic rings. The van der Waals surface area contributed by atoms with Crippen LogP contribution in [0.2, 0.25) is 0 Å². The van der Waals surface area contributed by atoms with Crippen molar-refractivity contribution < 1.29 is 14.7 Å². The van der Waals surface area contributed by atoms with Crippen LogP contribution in [0.15, 0.2) is 0 Å². The Morgan fingerprint density at radius 2 is 1.89 bits per heavy atom. The molecule has 4 heteroatoms. The molecule has 1 N–H and O–H groups in total. The fourth-order valence-corrected chi connectivity index (χ4v) is 2.74. The molecular weight excluding hydrogens is 230 g/mol. The van der Waals surface area contributed by atoms with E-state index in [2.05, 4.69) is 5.92 Å². The number of terminal acetylenes is 1. The monoisotopic (exact) mass is 249 g/mol. The first kappa shape index (κ1) is 12.9. The molecule has 0 saturated heterocycles. The van der Waals surface area contributed by atoms with Crippen LogP contribution in [0.5, 0.6) is 0 Å². The van der Waals surface area contributed by atoms with Crippen molar-refractivity contribution in [2.45, 2.75) is 32.1 Å². The highest BCUT2D eigenvalue weighted by molar-refractivity contribution is 5.85. The molecule has 18 heavy (non-hydrogen) atoms. The zero-order valence-corrected chi connectivity index (χ0v) is 10.5. The summed E-state index contributed by atoms with van der Waals surface area (Å²) in [6, 6.07) is 0. The van der Waals surface area contributed by atoms with Gasteiger partial charge < -0.3 is 10.0 Å². The third-order valence-corrected chi connectivity index (χ3v) is 3.92. The summed E-state index contributed by atoms with van der Waals surface area (Å²) in [7, 11) is 0. The van der Waals surface area contributed by atoms with Gasteiger partial charge >= 0.3 is 5.97 Å². The quantitative estimate of drug-likeness (QED) is 0.748. The second kappa shape index (κ2) is 5.43. The lowest BCUT2D eigenvalue weighted by Crippen LogP contribution is -2.40. The first-order valence-electron chi connectivity index (χ1n) is 6.58. The molecule has 2 atom stereocenters. The van der Waals surface area contributed by atoms with Crippen LogP contribution in [0, 0.1) is 30.1 Å². The van der Waals surface area contributed by atoms with Crippen molar-refractivity contribution in [3.05, 3.63) is 0 Å². The highest BCUT2D eigenvalue weighted by Crippen LogP contribution is 2.35. The van der Waals surface area contributed by atoms with E-state index in [1.807, 2.05) is 0 Å². The van der Waals surface area contributed by atoms with Crippen LogP contribution in [0.1, 0.15) is 32.1 Å². The van der Waals surface area contributed by atoms with Crippen LogP contribution in [0.3, 0.4) is 0 Å². The van der Waals surface area contributed by atoms with Gasteiger partial charge in [0.05, 0.1) is 18.4 Å². The molecule has 0 radical (unpaired) electrons. The molecule has 0 heterocycles. The fourth-order valence-electron chi connectivity index (χ4n) is 2.74. The number of carboxylic acids is 1. The second-order valence-corrected chi connectivity index (χ2v) is 5.35. The van der Waals surface area contributed by atoms with Crippen LogP contribution in [-0.2, 0) is 9.59 Å². The van der Waals surface area contributed by atoms with Gasteiger partial charge in [0.25, 0.3) is 0 Å². The van der Waals surface area contributed by atoms with Crippen LogP contribution >= 0.6 is 0 Å². The first-order valence-corrected chi connectivity index (χ1v) is 6.58. The van der Waals surface area contributed by atoms with E-state index in [4.69, 9.17) is 11.5 Å². The van der Waals surface area contributed by atoms with Crippen LogP contribution < -0.4 is 0 Å². The molecular formula is C14H19NO3. The van der Waals surface area contributed by atoms with E-state index in [1.165, 1.54) is 0 Å². The molecule has 4 nitrogen and oxygen atoms in total. The lowest BCUT2D eigenvalue weighted by atomic mass is 9.94. The normalized spacial score (nSPS) is 26.6. The van der Waals surface area contributed by atoms with Crippen molar-refractivity contribution in [2.75, 3.05) is 13.1 Å². The van der Waals surface area contributed by atoms with E-state index < -0.39 is 11.9 Å². The van der Waals surface area contributed by atoms with E-state index in [1.54, 1.807) is 4.90 Å². The highest BCUT2D eigenvalue weighted by atomic mass is 16.4. The van der Waals surface area contributed by atoms with Gasteiger partial charge in [0.15, 0.2) is 0 Å². The van der Waals surface area contributed by atoms with Gasteiger partial charge in [-0.25, -0.2) is 0 Å². The average molecular weight is 249 g/mol. The minimum Gasteiger partial charge on any atom is -0.481 e. The number of carbonyl (C=O) groups excluding carboxylic acids is 1. The summed E-state index contributed by atoms with van der Waals surface area (Å²) in [5.74, 6) is 1.30. The molecule has 0 aliphatic heterocycles. The molecule has 1 amide bonds. The zero-order valence-electron chi connectivity index (χ0n) is 10.5. The third-order valence-electron chi connectivity index (χ3n) is 3.92. The summed E-state index contributed by atoms with van der Waals surface area (Å²) in [5, 5.41) is 9.13. The van der Waals surface area contributed by atoms with Gasteiger partial charge in [0, 0.05) is 6.54 Å². The Labute approximate surface area is 107 Å². The molecule has 2 saturated carbocycles. The first-order chi connectivity index (χ1) is 8.63. The molecule has 2 fully saturated rings. The summed E-state index contributed by atoms with van der Waals surface area (Å²) in [4.78, 5) is 25.2. The largest absolute Gasteiger partial charge is 0.481 e. The van der Waals surface area contributed by atoms with Gasteiger partial charge in [-0.1, -0.05) is 12.3 Å². The summed E-state index contributed by atoms with van der Waals surface area (Å²) >= 11 is 0. The van der Waals surface area contributed by atoms with E-state index in [-0.39, 0.29) is 11.8 Å². The molecule has 2 aliphatic rings. The van der Waals surface area contributed by atoms with Crippen LogP contribution in [0.25, 0.3) is 0 Å². The fraction of sp³-hybridized carbons (Fsp3) is 0.714. The molecule has 2 rings (SSSR count). The lowest BCUT2D eigenvalue weighted by Gasteiger charge is -2.25. The average Bonchev–Trinajstić information content (AvgIpc) is 3.01. The third kappa shape index (κ3) is 2.84. The summed E-state index contributed by atoms with van der Waals surface area (Å²) in [6.07, 6.45) is 9.72. The number of rotatable bonds is 5. The van der Waals surface area contributed by atoms with Gasteiger partial charge in [0.1, 0.15) is 0 Å². The minimum atomic E-state index is -0.849. The van der Waals surface area contributed by atoms with Crippen molar-refractivity contribution >= 4 is 11.9 Å². The topological polar surface area (TPSA) is 57.6 Å². The smallest absolute Gasteiger partial charge is 0.307 e. The Balaban J connectivity index is 2.02. The Hall–Kier alpha value is -1.50. The maximum Gasteiger partial charge on any atom is 0.307 e. The van der Waals surface area contributed by atoms with Crippen LogP contribution in [-0.4, -0.2) is 35.0 Å². The minimum absolute atomic E-state index is 0.0512. The zero-order chi connectivity index (χ0) is 13.1. The molecule has 98 valence electrons. The maximum absolute atomic E-state index is 12.4. The van der Waals surface area contributed by atoms with Gasteiger partial charge in [-0.15, -0.1) is 6.42 Å². The van der Waals surface area contributed by atoms with Gasteiger partial charge in [-0.2, -0.15) is 0 Å². The number of amides is 1. The molecule has 0 unspecified atom stereocenters. The number of carbonyl (C=O) groups is 2. The Morgan fingerprint density at radius 1 is 1.22 bits per heavy atom. The number of nitrogens with zero attached hydrogens (tertiary/aromatic N) is 1. The number of hydrogen-bond donors (Lipinski definition) is 1. The maximum atomic E-state index is 12.4. The summed E-state index contributed by atoms with van der Waals surface area (Å²) < 4.78 is 0. The molecule has 2 aliphatic carbocycles. The van der Waals surface area contributed by atoms with Gasteiger partial charge in [0.2, 0.25) is 5.91 Å². The van der Waals surface area contributed by atoms with E-state index >= 15 is 0 Å². The van der Waals surface area contributed by atoms with E-state index in [9.17, 15) is 9.59 Å². The van der Waals surface area contributed by atoms with Crippen molar-refractivity contribution in [1.82, 2.24) is 4.90 Å². The van der Waals surface area contributed by atoms with E-state index in [0.717, 1.165) is 19.3 Å². The molecule has 0 spiro atoms. The SMILES string of the molecule is C#CCN(CC1CC1)C(=O)[C@@H]1CCC[C@@H]1C(=O)O. The Morgan fingerprint density at radius 3 is 2.44 bits per heavy atom. The van der Waals surface area contributed by atoms with Gasteiger partial charge in [-0.05, 0) is 31.6 Å². The van der Waals surface area contributed by atoms with Crippen molar-refractivity contribution in [2.24, 2.45) is 17.8 Å². The van der Waals surface area contributed by atoms with E-state index in [0.29, 0.717) is 31.8 Å². The molecule has 0 aromatic heterocycles. The summed E-state index contributed by atoms with van der Waals surface area (Å²) in [5.41, 5.74) is 0. The predicted molar refractivity (Wildman–Crippen MR) is 66.6 cm³/mol. The molecule has 0 aromatic carbocycles. The lowest BCUT2D eigenvalue weighted by molar-refractivity contribution is -0.149. The second-order valence-electron chi connectivity index (χ2n) is 5.35. The Kier molecular flexibility index (Phi) is 3.90. The predicted octanol–water partition coefficient (Wildman–Crippen LogP) is 1.36. The number of carboxylic acid groups (broad SMARTS) is 1. The van der Waals surface area contributed by atoms with Crippen molar-refractivity contribution in [1.29, 1.82) is 0 Å². The number of hydrogen-bond acceptors (Lipinski definition) is 2. The van der Waals surface area contributed by atoms with Crippen molar-refractivity contribution in [3.63, 3.8) is 0 Å².